The van der Waals surface area contributed by atoms with E-state index in [1.807, 2.05) is 0 Å². The van der Waals surface area contributed by atoms with Crippen LogP contribution in [0.15, 0.2) is 4.42 Å². The topological polar surface area (TPSA) is 52.0 Å². The van der Waals surface area contributed by atoms with Crippen LogP contribution in [0.5, 0.6) is 0 Å². The molecule has 1 aromatic heterocycles. The fourth-order valence-corrected chi connectivity index (χ4v) is 0.802. The van der Waals surface area contributed by atoms with Gasteiger partial charge in [0.05, 0.1) is 6.54 Å². The molecule has 0 fully saturated rings. The predicted octanol–water partition coefficient (Wildman–Crippen LogP) is 1.46. The lowest BCUT2D eigenvalue weighted by Gasteiger charge is -2.00. The molecule has 1 aromatic rings. The number of aryl methyl sites for hydroxylation is 1. The summed E-state index contributed by atoms with van der Waals surface area (Å²) in [7, 11) is 0. The molecule has 1 heterocycles. The molecule has 0 aliphatic carbocycles. The van der Waals surface area contributed by atoms with E-state index in [2.05, 4.69) is 9.40 Å². The number of rotatable bonds is 1. The lowest BCUT2D eigenvalue weighted by molar-refractivity contribution is -0.141. The quantitative estimate of drug-likeness (QED) is 0.711. The average Bonchev–Trinajstić information content (AvgIpc) is 2.29. The summed E-state index contributed by atoms with van der Waals surface area (Å²) in [4.78, 5) is 3.18. The van der Waals surface area contributed by atoms with Crippen LogP contribution in [0.4, 0.5) is 13.2 Å². The lowest BCUT2D eigenvalue weighted by Crippen LogP contribution is -2.07. The van der Waals surface area contributed by atoms with Gasteiger partial charge in [0.2, 0.25) is 5.89 Å². The summed E-state index contributed by atoms with van der Waals surface area (Å²) >= 11 is 0. The van der Waals surface area contributed by atoms with Crippen molar-refractivity contribution in [3.63, 3.8) is 0 Å². The molecule has 0 saturated heterocycles. The Morgan fingerprint density at radius 3 is 2.33 bits per heavy atom. The van der Waals surface area contributed by atoms with Gasteiger partial charge in [-0.05, 0) is 6.92 Å². The molecule has 0 unspecified atom stereocenters. The van der Waals surface area contributed by atoms with Crippen LogP contribution in [0.3, 0.4) is 0 Å². The Morgan fingerprint density at radius 2 is 2.08 bits per heavy atom. The van der Waals surface area contributed by atoms with Crippen molar-refractivity contribution in [1.82, 2.24) is 4.98 Å². The standard InChI is InChI=1S/C6H7F3N2O/c1-3-5(6(7,8)9)11-4(2-10)12-3/h2,10H2,1H3. The minimum atomic E-state index is -4.46. The van der Waals surface area contributed by atoms with Crippen LogP contribution in [0.25, 0.3) is 0 Å². The molecule has 0 atom stereocenters. The molecule has 0 aliphatic rings. The van der Waals surface area contributed by atoms with Gasteiger partial charge in [-0.25, -0.2) is 4.98 Å². The molecule has 3 nitrogen and oxygen atoms in total. The summed E-state index contributed by atoms with van der Waals surface area (Å²) in [6.07, 6.45) is -4.46. The first-order valence-corrected chi connectivity index (χ1v) is 3.18. The summed E-state index contributed by atoms with van der Waals surface area (Å²) in [6.45, 7) is 1.08. The third-order valence-electron chi connectivity index (χ3n) is 1.28. The normalized spacial score (nSPS) is 12.1. The van der Waals surface area contributed by atoms with Crippen LogP contribution < -0.4 is 5.73 Å². The van der Waals surface area contributed by atoms with Gasteiger partial charge < -0.3 is 10.2 Å². The van der Waals surface area contributed by atoms with Crippen molar-refractivity contribution < 1.29 is 17.6 Å². The Hall–Kier alpha value is -1.04. The average molecular weight is 180 g/mol. The molecule has 0 amide bonds. The molecule has 0 aliphatic heterocycles. The summed E-state index contributed by atoms with van der Waals surface area (Å²) in [5.41, 5.74) is 4.05. The maximum Gasteiger partial charge on any atom is 0.436 e. The first kappa shape index (κ1) is 9.05. The number of halogens is 3. The third-order valence-corrected chi connectivity index (χ3v) is 1.28. The first-order valence-electron chi connectivity index (χ1n) is 3.18. The highest BCUT2D eigenvalue weighted by molar-refractivity contribution is 5.11. The number of nitrogens with zero attached hydrogens (tertiary/aromatic N) is 1. The van der Waals surface area contributed by atoms with Crippen LogP contribution in [0.2, 0.25) is 0 Å². The summed E-state index contributed by atoms with van der Waals surface area (Å²) < 4.78 is 40.7. The molecular weight excluding hydrogens is 173 g/mol. The number of hydrogen-bond donors (Lipinski definition) is 1. The van der Waals surface area contributed by atoms with Crippen molar-refractivity contribution in [2.75, 3.05) is 0 Å². The van der Waals surface area contributed by atoms with E-state index < -0.39 is 11.9 Å². The molecule has 6 heteroatoms. The number of hydrogen-bond acceptors (Lipinski definition) is 3. The molecule has 0 radical (unpaired) electrons. The largest absolute Gasteiger partial charge is 0.444 e. The van der Waals surface area contributed by atoms with Gasteiger partial charge in [0.25, 0.3) is 0 Å². The number of oxazole rings is 1. The van der Waals surface area contributed by atoms with Crippen molar-refractivity contribution in [2.45, 2.75) is 19.6 Å². The Kier molecular flexibility index (Phi) is 2.10. The number of nitrogens with two attached hydrogens (primary N) is 1. The zero-order chi connectivity index (χ0) is 9.35. The highest BCUT2D eigenvalue weighted by Crippen LogP contribution is 2.31. The summed E-state index contributed by atoms with van der Waals surface area (Å²) in [5.74, 6) is -0.345. The zero-order valence-electron chi connectivity index (χ0n) is 6.27. The third kappa shape index (κ3) is 1.58. The van der Waals surface area contributed by atoms with Crippen LogP contribution in [0.1, 0.15) is 17.3 Å². The first-order chi connectivity index (χ1) is 5.45. The van der Waals surface area contributed by atoms with Crippen LogP contribution in [-0.2, 0) is 12.7 Å². The van der Waals surface area contributed by atoms with Gasteiger partial charge in [0.15, 0.2) is 5.69 Å². The molecule has 0 aromatic carbocycles. The zero-order valence-corrected chi connectivity index (χ0v) is 6.27. The van der Waals surface area contributed by atoms with Gasteiger partial charge in [-0.3, -0.25) is 0 Å². The maximum absolute atomic E-state index is 12.0. The summed E-state index contributed by atoms with van der Waals surface area (Å²) in [6, 6.07) is 0. The van der Waals surface area contributed by atoms with Crippen LogP contribution >= 0.6 is 0 Å². The highest BCUT2D eigenvalue weighted by atomic mass is 19.4. The number of aromatic nitrogens is 1. The molecular formula is C6H7F3N2O. The van der Waals surface area contributed by atoms with E-state index in [-0.39, 0.29) is 18.2 Å². The second-order valence-corrected chi connectivity index (χ2v) is 2.21. The van der Waals surface area contributed by atoms with Crippen molar-refractivity contribution in [3.8, 4) is 0 Å². The van der Waals surface area contributed by atoms with E-state index in [1.54, 1.807) is 0 Å². The van der Waals surface area contributed by atoms with Crippen LogP contribution in [-0.4, -0.2) is 4.98 Å². The fourth-order valence-electron chi connectivity index (χ4n) is 0.802. The minimum Gasteiger partial charge on any atom is -0.444 e. The van der Waals surface area contributed by atoms with Gasteiger partial charge in [0, 0.05) is 0 Å². The smallest absolute Gasteiger partial charge is 0.436 e. The van der Waals surface area contributed by atoms with E-state index in [0.29, 0.717) is 0 Å². The highest BCUT2D eigenvalue weighted by Gasteiger charge is 2.37. The second-order valence-electron chi connectivity index (χ2n) is 2.21. The second kappa shape index (κ2) is 2.78. The van der Waals surface area contributed by atoms with E-state index >= 15 is 0 Å². The van der Waals surface area contributed by atoms with Crippen LogP contribution in [0, 0.1) is 6.92 Å². The van der Waals surface area contributed by atoms with Gasteiger partial charge >= 0.3 is 6.18 Å². The predicted molar refractivity (Wildman–Crippen MR) is 34.1 cm³/mol. The minimum absolute atomic E-state index is 0.0974. The van der Waals surface area contributed by atoms with Gasteiger partial charge in [-0.1, -0.05) is 0 Å². The number of alkyl halides is 3. The molecule has 1 rings (SSSR count). The Labute approximate surface area is 66.4 Å². The molecule has 0 saturated carbocycles. The van der Waals surface area contributed by atoms with Gasteiger partial charge in [-0.15, -0.1) is 0 Å². The lowest BCUT2D eigenvalue weighted by atomic mass is 10.4. The van der Waals surface area contributed by atoms with Gasteiger partial charge in [0.1, 0.15) is 5.76 Å². The Balaban J connectivity index is 3.08. The van der Waals surface area contributed by atoms with Crippen molar-refractivity contribution in [3.05, 3.63) is 17.3 Å². The van der Waals surface area contributed by atoms with E-state index in [0.717, 1.165) is 0 Å². The fraction of sp³-hybridized carbons (Fsp3) is 0.500. The molecule has 12 heavy (non-hydrogen) atoms. The summed E-state index contributed by atoms with van der Waals surface area (Å²) in [5, 5.41) is 0. The van der Waals surface area contributed by atoms with E-state index in [1.165, 1.54) is 6.92 Å². The maximum atomic E-state index is 12.0. The van der Waals surface area contributed by atoms with Crippen molar-refractivity contribution in [1.29, 1.82) is 0 Å². The molecule has 0 spiro atoms. The van der Waals surface area contributed by atoms with Gasteiger partial charge in [-0.2, -0.15) is 13.2 Å². The van der Waals surface area contributed by atoms with Crippen molar-refractivity contribution >= 4 is 0 Å². The van der Waals surface area contributed by atoms with E-state index in [4.69, 9.17) is 5.73 Å². The SMILES string of the molecule is Cc1oc(CN)nc1C(F)(F)F. The van der Waals surface area contributed by atoms with E-state index in [9.17, 15) is 13.2 Å². The molecule has 68 valence electrons. The Bertz CT molecular complexity index is 279. The Morgan fingerprint density at radius 1 is 1.50 bits per heavy atom. The monoisotopic (exact) mass is 180 g/mol. The van der Waals surface area contributed by atoms with Crippen molar-refractivity contribution in [2.24, 2.45) is 5.73 Å². The molecule has 0 bridgehead atoms. The molecule has 2 N–H and O–H groups in total.